The third-order valence-corrected chi connectivity index (χ3v) is 5.20. The Morgan fingerprint density at radius 2 is 0.840 bits per heavy atom. The molecule has 0 spiro atoms. The third-order valence-electron chi connectivity index (χ3n) is 4.55. The average Bonchev–Trinajstić information content (AvgIpc) is 2.45. The standard InChI is InChI=1S/C22H27Cl3/c1-20(2,3)17-11-7-15(8-12-17)19(22(23,24)25)16-9-13-18(14-10-16)21(4,5)6/h7-14,19H,1-6H3. The van der Waals surface area contributed by atoms with Crippen molar-refractivity contribution in [2.45, 2.75) is 62.1 Å². The highest BCUT2D eigenvalue weighted by atomic mass is 35.6. The largest absolute Gasteiger partial charge is 0.201 e. The summed E-state index contributed by atoms with van der Waals surface area (Å²) in [5.74, 6) is -0.305. The first-order valence-electron chi connectivity index (χ1n) is 8.58. The molecular formula is C22H27Cl3. The summed E-state index contributed by atoms with van der Waals surface area (Å²) >= 11 is 19.1. The lowest BCUT2D eigenvalue weighted by atomic mass is 9.83. The van der Waals surface area contributed by atoms with Gasteiger partial charge < -0.3 is 0 Å². The Labute approximate surface area is 167 Å². The molecule has 0 N–H and O–H groups in total. The van der Waals surface area contributed by atoms with Gasteiger partial charge in [-0.25, -0.2) is 0 Å². The van der Waals surface area contributed by atoms with Crippen LogP contribution in [0, 0.1) is 0 Å². The van der Waals surface area contributed by atoms with Crippen molar-refractivity contribution in [1.82, 2.24) is 0 Å². The first kappa shape index (κ1) is 20.6. The molecule has 0 aliphatic carbocycles. The number of benzene rings is 2. The minimum atomic E-state index is -1.41. The van der Waals surface area contributed by atoms with Gasteiger partial charge in [0.2, 0.25) is 3.79 Å². The van der Waals surface area contributed by atoms with Crippen LogP contribution in [0.5, 0.6) is 0 Å². The van der Waals surface area contributed by atoms with Gasteiger partial charge >= 0.3 is 0 Å². The highest BCUT2D eigenvalue weighted by molar-refractivity contribution is 6.68. The first-order chi connectivity index (χ1) is 11.3. The second-order valence-corrected chi connectivity index (χ2v) is 11.1. The maximum atomic E-state index is 6.36. The van der Waals surface area contributed by atoms with Gasteiger partial charge in [0.1, 0.15) is 0 Å². The molecule has 136 valence electrons. The quantitative estimate of drug-likeness (QED) is 0.454. The van der Waals surface area contributed by atoms with Gasteiger partial charge in [0.05, 0.1) is 5.92 Å². The lowest BCUT2D eigenvalue weighted by molar-refractivity contribution is 0.589. The van der Waals surface area contributed by atoms with Gasteiger partial charge in [-0.05, 0) is 33.1 Å². The molecule has 0 atom stereocenters. The zero-order valence-electron chi connectivity index (χ0n) is 15.8. The summed E-state index contributed by atoms with van der Waals surface area (Å²) in [5.41, 5.74) is 4.75. The monoisotopic (exact) mass is 396 g/mol. The number of rotatable bonds is 2. The Kier molecular flexibility index (Phi) is 5.89. The number of hydrogen-bond acceptors (Lipinski definition) is 0. The van der Waals surface area contributed by atoms with Crippen molar-refractivity contribution in [2.24, 2.45) is 0 Å². The van der Waals surface area contributed by atoms with E-state index in [1.165, 1.54) is 11.1 Å². The van der Waals surface area contributed by atoms with E-state index in [2.05, 4.69) is 90.1 Å². The van der Waals surface area contributed by atoms with Gasteiger partial charge in [-0.15, -0.1) is 0 Å². The molecular weight excluding hydrogens is 371 g/mol. The summed E-state index contributed by atoms with van der Waals surface area (Å²) in [6.45, 7) is 13.2. The molecule has 3 heteroatoms. The van der Waals surface area contributed by atoms with Crippen molar-refractivity contribution in [1.29, 1.82) is 0 Å². The Hall–Kier alpha value is -0.690. The maximum absolute atomic E-state index is 6.36. The van der Waals surface area contributed by atoms with Crippen LogP contribution in [0.2, 0.25) is 0 Å². The normalized spacial score (nSPS) is 13.4. The van der Waals surface area contributed by atoms with Crippen LogP contribution < -0.4 is 0 Å². The van der Waals surface area contributed by atoms with Gasteiger partial charge in [-0.1, -0.05) is 125 Å². The molecule has 0 aliphatic rings. The van der Waals surface area contributed by atoms with E-state index < -0.39 is 3.79 Å². The van der Waals surface area contributed by atoms with Crippen molar-refractivity contribution in [3.05, 3.63) is 70.8 Å². The molecule has 0 saturated carbocycles. The highest BCUT2D eigenvalue weighted by Gasteiger charge is 2.35. The predicted octanol–water partition coefficient (Wildman–Crippen LogP) is 7.78. The molecule has 25 heavy (non-hydrogen) atoms. The van der Waals surface area contributed by atoms with E-state index >= 15 is 0 Å². The second-order valence-electron chi connectivity index (χ2n) is 8.72. The van der Waals surface area contributed by atoms with Crippen LogP contribution in [0.3, 0.4) is 0 Å². The summed E-state index contributed by atoms with van der Waals surface area (Å²) in [6.07, 6.45) is 0. The van der Waals surface area contributed by atoms with E-state index in [1.807, 2.05) is 0 Å². The van der Waals surface area contributed by atoms with E-state index in [0.717, 1.165) is 11.1 Å². The Morgan fingerprint density at radius 1 is 0.560 bits per heavy atom. The maximum Gasteiger partial charge on any atom is 0.201 e. The van der Waals surface area contributed by atoms with Crippen LogP contribution in [0.25, 0.3) is 0 Å². The zero-order chi connectivity index (χ0) is 19.0. The van der Waals surface area contributed by atoms with Gasteiger partial charge in [0.15, 0.2) is 0 Å². The fourth-order valence-electron chi connectivity index (χ4n) is 2.92. The van der Waals surface area contributed by atoms with E-state index in [1.54, 1.807) is 0 Å². The van der Waals surface area contributed by atoms with Crippen LogP contribution in [0.15, 0.2) is 48.5 Å². The van der Waals surface area contributed by atoms with Crippen molar-refractivity contribution >= 4 is 34.8 Å². The van der Waals surface area contributed by atoms with Crippen LogP contribution in [-0.4, -0.2) is 3.79 Å². The van der Waals surface area contributed by atoms with Crippen molar-refractivity contribution < 1.29 is 0 Å². The topological polar surface area (TPSA) is 0 Å². The number of hydrogen-bond donors (Lipinski definition) is 0. The minimum Gasteiger partial charge on any atom is -0.0826 e. The third kappa shape index (κ3) is 5.16. The summed E-state index contributed by atoms with van der Waals surface area (Å²) in [6, 6.07) is 16.8. The summed E-state index contributed by atoms with van der Waals surface area (Å²) in [4.78, 5) is 0. The zero-order valence-corrected chi connectivity index (χ0v) is 18.1. The lowest BCUT2D eigenvalue weighted by Gasteiger charge is -2.27. The molecule has 0 fully saturated rings. The lowest BCUT2D eigenvalue weighted by Crippen LogP contribution is -2.19. The fourth-order valence-corrected chi connectivity index (χ4v) is 3.68. The number of halogens is 3. The van der Waals surface area contributed by atoms with E-state index in [-0.39, 0.29) is 16.7 Å². The van der Waals surface area contributed by atoms with Crippen LogP contribution in [0.1, 0.15) is 69.7 Å². The van der Waals surface area contributed by atoms with Gasteiger partial charge in [0, 0.05) is 0 Å². The SMILES string of the molecule is CC(C)(C)c1ccc(C(c2ccc(C(C)(C)C)cc2)C(Cl)(Cl)Cl)cc1. The highest BCUT2D eigenvalue weighted by Crippen LogP contribution is 2.46. The van der Waals surface area contributed by atoms with E-state index in [9.17, 15) is 0 Å². The summed E-state index contributed by atoms with van der Waals surface area (Å²) < 4.78 is -1.41. The predicted molar refractivity (Wildman–Crippen MR) is 112 cm³/mol. The molecule has 0 aliphatic heterocycles. The molecule has 0 saturated heterocycles. The first-order valence-corrected chi connectivity index (χ1v) is 9.71. The van der Waals surface area contributed by atoms with Crippen molar-refractivity contribution in [3.63, 3.8) is 0 Å². The molecule has 2 aromatic rings. The smallest absolute Gasteiger partial charge is 0.0826 e. The Balaban J connectivity index is 2.44. The average molecular weight is 398 g/mol. The van der Waals surface area contributed by atoms with Gasteiger partial charge in [-0.3, -0.25) is 0 Å². The molecule has 2 aromatic carbocycles. The van der Waals surface area contributed by atoms with Crippen molar-refractivity contribution in [3.8, 4) is 0 Å². The molecule has 0 amide bonds. The number of alkyl halides is 3. The van der Waals surface area contributed by atoms with E-state index in [0.29, 0.717) is 0 Å². The van der Waals surface area contributed by atoms with Crippen molar-refractivity contribution in [2.75, 3.05) is 0 Å². The molecule has 0 aromatic heterocycles. The molecule has 0 heterocycles. The molecule has 2 rings (SSSR count). The second kappa shape index (κ2) is 7.14. The molecule has 0 bridgehead atoms. The van der Waals surface area contributed by atoms with E-state index in [4.69, 9.17) is 34.8 Å². The summed E-state index contributed by atoms with van der Waals surface area (Å²) in [5, 5.41) is 0. The molecule has 0 radical (unpaired) electrons. The summed E-state index contributed by atoms with van der Waals surface area (Å²) in [7, 11) is 0. The van der Waals surface area contributed by atoms with Crippen LogP contribution >= 0.6 is 34.8 Å². The van der Waals surface area contributed by atoms with Crippen LogP contribution in [-0.2, 0) is 10.8 Å². The minimum absolute atomic E-state index is 0.0996. The Bertz CT molecular complexity index is 636. The van der Waals surface area contributed by atoms with Gasteiger partial charge in [-0.2, -0.15) is 0 Å². The fraction of sp³-hybridized carbons (Fsp3) is 0.455. The molecule has 0 nitrogen and oxygen atoms in total. The van der Waals surface area contributed by atoms with Gasteiger partial charge in [0.25, 0.3) is 0 Å². The van der Waals surface area contributed by atoms with Crippen LogP contribution in [0.4, 0.5) is 0 Å². The Morgan fingerprint density at radius 3 is 1.04 bits per heavy atom. The molecule has 0 unspecified atom stereocenters.